The second-order valence-corrected chi connectivity index (χ2v) is 5.44. The third kappa shape index (κ3) is 2.73. The van der Waals surface area contributed by atoms with Crippen molar-refractivity contribution < 1.29 is 4.92 Å². The number of para-hydroxylation sites is 1. The van der Waals surface area contributed by atoms with Crippen LogP contribution in [-0.4, -0.2) is 15.1 Å². The Hall–Kier alpha value is -2.41. The number of fused-ring (bicyclic) bond motifs is 1. The van der Waals surface area contributed by atoms with Crippen molar-refractivity contribution in [3.8, 4) is 0 Å². The van der Waals surface area contributed by atoms with Crippen molar-refractivity contribution in [3.05, 3.63) is 62.7 Å². The molecule has 0 bridgehead atoms. The summed E-state index contributed by atoms with van der Waals surface area (Å²) in [6.45, 7) is 0.363. The minimum absolute atomic E-state index is 0.0914. The molecule has 7 heteroatoms. The van der Waals surface area contributed by atoms with Crippen LogP contribution in [0.2, 0.25) is 0 Å². The Kier molecular flexibility index (Phi) is 3.57. The maximum atomic E-state index is 11.1. The molecule has 0 saturated carbocycles. The van der Waals surface area contributed by atoms with E-state index in [1.807, 2.05) is 18.2 Å². The highest BCUT2D eigenvalue weighted by Gasteiger charge is 2.14. The van der Waals surface area contributed by atoms with Crippen molar-refractivity contribution in [2.75, 3.05) is 5.32 Å². The van der Waals surface area contributed by atoms with E-state index >= 15 is 0 Å². The van der Waals surface area contributed by atoms with Gasteiger partial charge in [-0.1, -0.05) is 28.1 Å². The Balaban J connectivity index is 1.88. The van der Waals surface area contributed by atoms with Crippen LogP contribution in [0.4, 0.5) is 11.4 Å². The van der Waals surface area contributed by atoms with Crippen molar-refractivity contribution in [1.29, 1.82) is 0 Å². The summed E-state index contributed by atoms with van der Waals surface area (Å²) in [5, 5.41) is 22.2. The van der Waals surface area contributed by atoms with Crippen molar-refractivity contribution in [1.82, 2.24) is 10.2 Å². The zero-order valence-electron chi connectivity index (χ0n) is 10.8. The number of nitro benzene ring substituents is 1. The Morgan fingerprint density at radius 2 is 2.19 bits per heavy atom. The maximum absolute atomic E-state index is 11.1. The lowest BCUT2D eigenvalue weighted by Crippen LogP contribution is -2.03. The Morgan fingerprint density at radius 3 is 3.00 bits per heavy atom. The van der Waals surface area contributed by atoms with Gasteiger partial charge in [-0.05, 0) is 18.2 Å². The van der Waals surface area contributed by atoms with Crippen LogP contribution in [-0.2, 0) is 6.54 Å². The number of rotatable bonds is 4. The normalized spacial score (nSPS) is 10.7. The van der Waals surface area contributed by atoms with Gasteiger partial charge in [-0.15, -0.1) is 0 Å². The zero-order valence-corrected chi connectivity index (χ0v) is 12.4. The summed E-state index contributed by atoms with van der Waals surface area (Å²) in [6, 6.07) is 10.8. The fourth-order valence-electron chi connectivity index (χ4n) is 2.16. The molecular formula is C14H11BrN4O2. The summed E-state index contributed by atoms with van der Waals surface area (Å²) in [7, 11) is 0. The molecule has 0 radical (unpaired) electrons. The van der Waals surface area contributed by atoms with Gasteiger partial charge in [0.1, 0.15) is 0 Å². The van der Waals surface area contributed by atoms with Gasteiger partial charge in [0.2, 0.25) is 0 Å². The van der Waals surface area contributed by atoms with Gasteiger partial charge in [-0.3, -0.25) is 15.2 Å². The smallest absolute Gasteiger partial charge is 0.275 e. The van der Waals surface area contributed by atoms with Crippen LogP contribution in [0, 0.1) is 10.1 Å². The van der Waals surface area contributed by atoms with E-state index in [0.717, 1.165) is 16.6 Å². The number of aromatic nitrogens is 2. The van der Waals surface area contributed by atoms with Crippen molar-refractivity contribution >= 4 is 38.2 Å². The second kappa shape index (κ2) is 5.53. The monoisotopic (exact) mass is 346 g/mol. The average molecular weight is 347 g/mol. The Morgan fingerprint density at radius 1 is 1.33 bits per heavy atom. The first-order valence-corrected chi connectivity index (χ1v) is 7.03. The number of nitro groups is 1. The number of hydrogen-bond acceptors (Lipinski definition) is 4. The predicted octanol–water partition coefficient (Wildman–Crippen LogP) is 3.85. The van der Waals surface area contributed by atoms with Gasteiger partial charge >= 0.3 is 0 Å². The quantitative estimate of drug-likeness (QED) is 0.555. The van der Waals surface area contributed by atoms with Gasteiger partial charge < -0.3 is 5.32 Å². The van der Waals surface area contributed by atoms with Gasteiger partial charge in [0.15, 0.2) is 0 Å². The molecule has 0 saturated heterocycles. The molecule has 0 aliphatic rings. The molecule has 0 atom stereocenters. The Labute approximate surface area is 128 Å². The lowest BCUT2D eigenvalue weighted by molar-refractivity contribution is -0.385. The van der Waals surface area contributed by atoms with Crippen LogP contribution in [0.5, 0.6) is 0 Å². The highest BCUT2D eigenvalue weighted by molar-refractivity contribution is 9.10. The minimum Gasteiger partial charge on any atom is -0.379 e. The summed E-state index contributed by atoms with van der Waals surface area (Å²) in [5.41, 5.74) is 2.47. The summed E-state index contributed by atoms with van der Waals surface area (Å²) in [4.78, 5) is 10.7. The molecular weight excluding hydrogens is 336 g/mol. The number of halogens is 1. The third-order valence-electron chi connectivity index (χ3n) is 3.19. The van der Waals surface area contributed by atoms with E-state index in [2.05, 4.69) is 31.4 Å². The molecule has 1 aromatic heterocycles. The summed E-state index contributed by atoms with van der Waals surface area (Å²) < 4.78 is 0.689. The van der Waals surface area contributed by atoms with Gasteiger partial charge in [0, 0.05) is 28.0 Å². The number of nitrogens with one attached hydrogen (secondary N) is 2. The number of aromatic amines is 1. The first kappa shape index (κ1) is 13.6. The second-order valence-electron chi connectivity index (χ2n) is 4.52. The van der Waals surface area contributed by atoms with E-state index in [-0.39, 0.29) is 10.6 Å². The molecule has 21 heavy (non-hydrogen) atoms. The maximum Gasteiger partial charge on any atom is 0.275 e. The van der Waals surface area contributed by atoms with Crippen molar-refractivity contribution in [2.24, 2.45) is 0 Å². The molecule has 0 unspecified atom stereocenters. The first-order valence-electron chi connectivity index (χ1n) is 6.24. The number of nitrogens with zero attached hydrogens (tertiary/aromatic N) is 2. The standard InChI is InChI=1S/C14H11BrN4O2/c15-11-5-4-9(13(6-11)19(20)21)7-16-12-3-1-2-10-8-17-18-14(10)12/h1-6,8,16H,7H2,(H,17,18). The van der Waals surface area contributed by atoms with E-state index in [9.17, 15) is 10.1 Å². The molecule has 0 spiro atoms. The molecule has 106 valence electrons. The van der Waals surface area contributed by atoms with E-state index in [4.69, 9.17) is 0 Å². The predicted molar refractivity (Wildman–Crippen MR) is 84.2 cm³/mol. The van der Waals surface area contributed by atoms with Crippen LogP contribution in [0.3, 0.4) is 0 Å². The third-order valence-corrected chi connectivity index (χ3v) is 3.68. The summed E-state index contributed by atoms with van der Waals surface area (Å²) >= 11 is 3.25. The fraction of sp³-hybridized carbons (Fsp3) is 0.0714. The largest absolute Gasteiger partial charge is 0.379 e. The number of benzene rings is 2. The molecule has 2 aromatic carbocycles. The van der Waals surface area contributed by atoms with Crippen LogP contribution < -0.4 is 5.32 Å². The lowest BCUT2D eigenvalue weighted by Gasteiger charge is -2.08. The number of anilines is 1. The average Bonchev–Trinajstić information content (AvgIpc) is 2.94. The van der Waals surface area contributed by atoms with Gasteiger partial charge in [-0.25, -0.2) is 0 Å². The molecule has 0 amide bonds. The molecule has 2 N–H and O–H groups in total. The topological polar surface area (TPSA) is 83.8 Å². The summed E-state index contributed by atoms with van der Waals surface area (Å²) in [6.07, 6.45) is 1.74. The summed E-state index contributed by atoms with van der Waals surface area (Å²) in [5.74, 6) is 0. The first-order chi connectivity index (χ1) is 10.1. The van der Waals surface area contributed by atoms with E-state index in [0.29, 0.717) is 16.6 Å². The van der Waals surface area contributed by atoms with Crippen molar-refractivity contribution in [2.45, 2.75) is 6.54 Å². The minimum atomic E-state index is -0.376. The highest BCUT2D eigenvalue weighted by atomic mass is 79.9. The van der Waals surface area contributed by atoms with Gasteiger partial charge in [0.25, 0.3) is 5.69 Å². The van der Waals surface area contributed by atoms with E-state index in [1.165, 1.54) is 6.07 Å². The number of H-pyrrole nitrogens is 1. The highest BCUT2D eigenvalue weighted by Crippen LogP contribution is 2.26. The molecule has 0 aliphatic heterocycles. The van der Waals surface area contributed by atoms with Gasteiger partial charge in [0.05, 0.1) is 22.3 Å². The van der Waals surface area contributed by atoms with Gasteiger partial charge in [-0.2, -0.15) is 5.10 Å². The van der Waals surface area contributed by atoms with Crippen LogP contribution in [0.15, 0.2) is 47.1 Å². The number of hydrogen-bond donors (Lipinski definition) is 2. The molecule has 0 fully saturated rings. The molecule has 3 aromatic rings. The molecule has 6 nitrogen and oxygen atoms in total. The lowest BCUT2D eigenvalue weighted by atomic mass is 10.1. The van der Waals surface area contributed by atoms with Crippen LogP contribution in [0.25, 0.3) is 10.9 Å². The van der Waals surface area contributed by atoms with Crippen LogP contribution in [0.1, 0.15) is 5.56 Å². The fourth-order valence-corrected chi connectivity index (χ4v) is 2.51. The van der Waals surface area contributed by atoms with E-state index in [1.54, 1.807) is 18.3 Å². The molecule has 1 heterocycles. The SMILES string of the molecule is O=[N+]([O-])c1cc(Br)ccc1CNc1cccc2cn[nH]c12. The van der Waals surface area contributed by atoms with E-state index < -0.39 is 0 Å². The zero-order chi connectivity index (χ0) is 14.8. The van der Waals surface area contributed by atoms with Crippen LogP contribution >= 0.6 is 15.9 Å². The van der Waals surface area contributed by atoms with Crippen molar-refractivity contribution in [3.63, 3.8) is 0 Å². The Bertz CT molecular complexity index is 816. The molecule has 3 rings (SSSR count). The molecule has 0 aliphatic carbocycles.